The second-order valence-electron chi connectivity index (χ2n) is 3.94. The van der Waals surface area contributed by atoms with Gasteiger partial charge in [0.25, 0.3) is 0 Å². The fourth-order valence-corrected chi connectivity index (χ4v) is 1.94. The average molecular weight is 274 g/mol. The van der Waals surface area contributed by atoms with Crippen molar-refractivity contribution in [3.8, 4) is 0 Å². The maximum atomic E-state index is 11.0. The van der Waals surface area contributed by atoms with Gasteiger partial charge in [0.2, 0.25) is 5.60 Å². The Labute approximate surface area is 108 Å². The third-order valence-electron chi connectivity index (χ3n) is 2.58. The van der Waals surface area contributed by atoms with E-state index >= 15 is 0 Å². The Balaban J connectivity index is 2.33. The summed E-state index contributed by atoms with van der Waals surface area (Å²) in [5.41, 5.74) is -0.243. The Hall–Kier alpha value is -1.26. The van der Waals surface area contributed by atoms with Crippen LogP contribution in [-0.4, -0.2) is 22.4 Å². The lowest BCUT2D eigenvalue weighted by molar-refractivity contribution is -0.160. The lowest BCUT2D eigenvalue weighted by Gasteiger charge is -2.14. The highest BCUT2D eigenvalue weighted by Gasteiger charge is 2.42. The van der Waals surface area contributed by atoms with E-state index in [1.807, 2.05) is 0 Å². The van der Waals surface area contributed by atoms with Gasteiger partial charge in [-0.25, -0.2) is 4.79 Å². The molecule has 90 valence electrons. The minimum atomic E-state index is -1.33. The largest absolute Gasteiger partial charge is 0.478 e. The van der Waals surface area contributed by atoms with E-state index in [-0.39, 0.29) is 6.42 Å². The van der Waals surface area contributed by atoms with Crippen molar-refractivity contribution < 1.29 is 14.7 Å². The van der Waals surface area contributed by atoms with E-state index in [0.29, 0.717) is 21.3 Å². The quantitative estimate of drug-likeness (QED) is 0.901. The zero-order valence-electron chi connectivity index (χ0n) is 8.91. The molecule has 1 atom stereocenters. The second-order valence-corrected chi connectivity index (χ2v) is 4.73. The maximum absolute atomic E-state index is 11.0. The highest BCUT2D eigenvalue weighted by Crippen LogP contribution is 2.32. The summed E-state index contributed by atoms with van der Waals surface area (Å²) in [5, 5.41) is 13.5. The zero-order valence-corrected chi connectivity index (χ0v) is 10.4. The molecule has 2 rings (SSSR count). The van der Waals surface area contributed by atoms with Crippen LogP contribution in [0.2, 0.25) is 10.0 Å². The predicted molar refractivity (Wildman–Crippen MR) is 64.7 cm³/mol. The van der Waals surface area contributed by atoms with Crippen LogP contribution in [0, 0.1) is 0 Å². The fraction of sp³-hybridized carbons (Fsp3) is 0.273. The smallest absolute Gasteiger partial charge is 0.351 e. The van der Waals surface area contributed by atoms with Gasteiger partial charge in [-0.05, 0) is 13.0 Å². The molecule has 0 spiro atoms. The van der Waals surface area contributed by atoms with Crippen LogP contribution >= 0.6 is 23.2 Å². The van der Waals surface area contributed by atoms with E-state index in [2.05, 4.69) is 5.16 Å². The van der Waals surface area contributed by atoms with Gasteiger partial charge in [0.05, 0.1) is 15.8 Å². The van der Waals surface area contributed by atoms with Crippen LogP contribution in [0.4, 0.5) is 0 Å². The molecule has 0 aromatic heterocycles. The molecule has 0 saturated heterocycles. The number of carboxylic acid groups (broad SMARTS) is 1. The van der Waals surface area contributed by atoms with Gasteiger partial charge in [-0.3, -0.25) is 0 Å². The first-order valence-corrected chi connectivity index (χ1v) is 5.62. The number of oxime groups is 1. The number of rotatable bonds is 2. The molecule has 0 bridgehead atoms. The number of carbonyl (C=O) groups is 1. The van der Waals surface area contributed by atoms with Crippen molar-refractivity contribution in [3.63, 3.8) is 0 Å². The molecule has 0 radical (unpaired) electrons. The molecular weight excluding hydrogens is 265 g/mol. The fourth-order valence-electron chi connectivity index (χ4n) is 1.53. The third-order valence-corrected chi connectivity index (χ3v) is 3.40. The van der Waals surface area contributed by atoms with Gasteiger partial charge >= 0.3 is 5.97 Å². The van der Waals surface area contributed by atoms with Crippen LogP contribution in [0.1, 0.15) is 18.9 Å². The second kappa shape index (κ2) is 4.20. The van der Waals surface area contributed by atoms with E-state index in [1.165, 1.54) is 6.92 Å². The molecule has 0 unspecified atom stereocenters. The van der Waals surface area contributed by atoms with Crippen molar-refractivity contribution >= 4 is 34.9 Å². The first kappa shape index (κ1) is 12.2. The van der Waals surface area contributed by atoms with Gasteiger partial charge in [0.15, 0.2) is 0 Å². The van der Waals surface area contributed by atoms with Crippen LogP contribution in [0.25, 0.3) is 0 Å². The normalized spacial score (nSPS) is 23.1. The number of halogens is 2. The lowest BCUT2D eigenvalue weighted by atomic mass is 9.96. The van der Waals surface area contributed by atoms with Crippen LogP contribution in [0.3, 0.4) is 0 Å². The van der Waals surface area contributed by atoms with Gasteiger partial charge in [-0.2, -0.15) is 0 Å². The number of aliphatic carboxylic acids is 1. The number of carboxylic acids is 1. The molecule has 0 fully saturated rings. The summed E-state index contributed by atoms with van der Waals surface area (Å²) in [6.45, 7) is 1.46. The van der Waals surface area contributed by atoms with Crippen molar-refractivity contribution in [2.75, 3.05) is 0 Å². The molecule has 1 aliphatic rings. The molecule has 1 aromatic carbocycles. The van der Waals surface area contributed by atoms with Gasteiger partial charge < -0.3 is 9.94 Å². The molecule has 1 aliphatic heterocycles. The van der Waals surface area contributed by atoms with E-state index in [0.717, 1.165) is 0 Å². The minimum Gasteiger partial charge on any atom is -0.478 e. The van der Waals surface area contributed by atoms with Crippen molar-refractivity contribution in [2.45, 2.75) is 18.9 Å². The van der Waals surface area contributed by atoms with Crippen molar-refractivity contribution in [2.24, 2.45) is 5.16 Å². The highest BCUT2D eigenvalue weighted by atomic mass is 35.5. The molecule has 1 N–H and O–H groups in total. The molecule has 0 aliphatic carbocycles. The van der Waals surface area contributed by atoms with E-state index in [4.69, 9.17) is 33.1 Å². The highest BCUT2D eigenvalue weighted by molar-refractivity contribution is 6.44. The predicted octanol–water partition coefficient (Wildman–Crippen LogP) is 2.96. The Morgan fingerprint density at radius 3 is 2.82 bits per heavy atom. The van der Waals surface area contributed by atoms with Crippen LogP contribution in [0.15, 0.2) is 23.4 Å². The minimum absolute atomic E-state index is 0.155. The molecule has 0 saturated carbocycles. The number of benzene rings is 1. The summed E-state index contributed by atoms with van der Waals surface area (Å²) < 4.78 is 0. The first-order chi connectivity index (χ1) is 7.94. The Bertz CT molecular complexity index is 515. The first-order valence-electron chi connectivity index (χ1n) is 4.87. The standard InChI is InChI=1S/C11H9Cl2NO3/c1-11(10(15)16)5-8(14-17-11)6-3-2-4-7(12)9(6)13/h2-4H,5H2,1H3,(H,15,16)/t11-/m1/s1. The molecular formula is C11H9Cl2NO3. The van der Waals surface area contributed by atoms with Crippen LogP contribution in [-0.2, 0) is 9.63 Å². The van der Waals surface area contributed by atoms with E-state index in [9.17, 15) is 4.79 Å². The SMILES string of the molecule is C[C@]1(C(=O)O)CC(c2cccc(Cl)c2Cl)=NO1. The summed E-state index contributed by atoms with van der Waals surface area (Å²) in [6, 6.07) is 5.10. The summed E-state index contributed by atoms with van der Waals surface area (Å²) in [5.74, 6) is -1.06. The van der Waals surface area contributed by atoms with Crippen LogP contribution < -0.4 is 0 Å². The molecule has 1 heterocycles. The molecule has 1 aromatic rings. The lowest BCUT2D eigenvalue weighted by Crippen LogP contribution is -2.35. The van der Waals surface area contributed by atoms with Crippen molar-refractivity contribution in [1.82, 2.24) is 0 Å². The number of hydrogen-bond acceptors (Lipinski definition) is 3. The van der Waals surface area contributed by atoms with E-state index in [1.54, 1.807) is 18.2 Å². The Morgan fingerprint density at radius 1 is 1.53 bits per heavy atom. The number of hydrogen-bond donors (Lipinski definition) is 1. The molecule has 4 nitrogen and oxygen atoms in total. The average Bonchev–Trinajstić information content (AvgIpc) is 2.66. The molecule has 0 amide bonds. The number of nitrogens with zero attached hydrogens (tertiary/aromatic N) is 1. The molecule has 6 heteroatoms. The molecule has 17 heavy (non-hydrogen) atoms. The topological polar surface area (TPSA) is 58.9 Å². The zero-order chi connectivity index (χ0) is 12.6. The van der Waals surface area contributed by atoms with Gasteiger partial charge in [0, 0.05) is 12.0 Å². The Morgan fingerprint density at radius 2 is 2.24 bits per heavy atom. The summed E-state index contributed by atoms with van der Waals surface area (Å²) in [7, 11) is 0. The van der Waals surface area contributed by atoms with E-state index < -0.39 is 11.6 Å². The monoisotopic (exact) mass is 273 g/mol. The van der Waals surface area contributed by atoms with Gasteiger partial charge in [0.1, 0.15) is 0 Å². The third kappa shape index (κ3) is 2.10. The summed E-state index contributed by atoms with van der Waals surface area (Å²) in [6.07, 6.45) is 0.155. The van der Waals surface area contributed by atoms with Crippen molar-refractivity contribution in [3.05, 3.63) is 33.8 Å². The Kier molecular flexibility index (Phi) is 3.02. The van der Waals surface area contributed by atoms with Gasteiger partial charge in [-0.1, -0.05) is 40.5 Å². The summed E-state index contributed by atoms with van der Waals surface area (Å²) in [4.78, 5) is 15.9. The maximum Gasteiger partial charge on any atom is 0.351 e. The van der Waals surface area contributed by atoms with Crippen molar-refractivity contribution in [1.29, 1.82) is 0 Å². The van der Waals surface area contributed by atoms with Crippen LogP contribution in [0.5, 0.6) is 0 Å². The summed E-state index contributed by atoms with van der Waals surface area (Å²) >= 11 is 11.9. The van der Waals surface area contributed by atoms with Gasteiger partial charge in [-0.15, -0.1) is 0 Å².